The van der Waals surface area contributed by atoms with Gasteiger partial charge < -0.3 is 19.6 Å². The normalized spacial score (nSPS) is 12.6. The minimum absolute atomic E-state index is 0.102. The molecule has 0 aliphatic heterocycles. The first-order chi connectivity index (χ1) is 16.5. The van der Waals surface area contributed by atoms with E-state index in [2.05, 4.69) is 15.2 Å². The van der Waals surface area contributed by atoms with Crippen molar-refractivity contribution < 1.29 is 28.3 Å². The average molecular weight is 541 g/mol. The summed E-state index contributed by atoms with van der Waals surface area (Å²) in [7, 11) is -1.64. The minimum Gasteiger partial charge on any atom is -0.465 e. The Hall–Kier alpha value is -2.33. The second-order valence-corrected chi connectivity index (χ2v) is 12.8. The maximum atomic E-state index is 13.0. The molecule has 0 aliphatic rings. The number of ketones is 1. The molecule has 0 bridgehead atoms. The van der Waals surface area contributed by atoms with Gasteiger partial charge in [-0.1, -0.05) is 32.1 Å². The number of furan rings is 1. The zero-order chi connectivity index (χ0) is 27.5. The maximum absolute atomic E-state index is 13.0. The molecule has 12 heteroatoms. The van der Waals surface area contributed by atoms with Crippen LogP contribution in [0.2, 0.25) is 0 Å². The number of carbonyl (C=O) groups excluding carboxylic acids is 3. The number of anilines is 1. The van der Waals surface area contributed by atoms with Crippen molar-refractivity contribution in [3.8, 4) is 11.5 Å². The number of nitrogens with one attached hydrogen (secondary N) is 2. The lowest BCUT2D eigenvalue weighted by Gasteiger charge is -2.33. The van der Waals surface area contributed by atoms with E-state index in [1.54, 1.807) is 53.7 Å². The summed E-state index contributed by atoms with van der Waals surface area (Å²) in [5, 5.41) is 6.75. The third kappa shape index (κ3) is 7.12. The number of nitrogens with two attached hydrogens (primary N) is 1. The van der Waals surface area contributed by atoms with E-state index >= 15 is 0 Å². The molecule has 0 aliphatic carbocycles. The standard InChI is InChI=1S/C24H37N4O6PS/c1-10-32-19(30)23(6,7)27-35(28-24(8,9)20(31)33-11-2)15-13-12-14(34-15)16-17(36-21(25)26-16)18(29)22(3,4)5/h12-13,27-28H,10-11H2,1-9H3,(H2,25,26). The van der Waals surface area contributed by atoms with Crippen LogP contribution in [0.15, 0.2) is 16.5 Å². The summed E-state index contributed by atoms with van der Waals surface area (Å²) in [6.45, 7) is 16.1. The van der Waals surface area contributed by atoms with Crippen LogP contribution in [-0.4, -0.2) is 47.0 Å². The van der Waals surface area contributed by atoms with Crippen molar-refractivity contribution in [2.75, 3.05) is 18.9 Å². The Morgan fingerprint density at radius 1 is 0.972 bits per heavy atom. The number of hydrogen-bond acceptors (Lipinski definition) is 11. The molecule has 2 aromatic rings. The molecule has 0 radical (unpaired) electrons. The summed E-state index contributed by atoms with van der Waals surface area (Å²) in [4.78, 5) is 42.9. The van der Waals surface area contributed by atoms with Crippen LogP contribution in [0, 0.1) is 5.41 Å². The van der Waals surface area contributed by atoms with E-state index < -0.39 is 36.7 Å². The quantitative estimate of drug-likeness (QED) is 0.217. The third-order valence-electron chi connectivity index (χ3n) is 4.93. The molecule has 0 saturated carbocycles. The Bertz CT molecular complexity index is 1070. The van der Waals surface area contributed by atoms with Crippen LogP contribution >= 0.6 is 19.6 Å². The Balaban J connectivity index is 2.50. The van der Waals surface area contributed by atoms with E-state index in [-0.39, 0.29) is 24.1 Å². The van der Waals surface area contributed by atoms with Gasteiger partial charge >= 0.3 is 11.9 Å². The van der Waals surface area contributed by atoms with Gasteiger partial charge in [0.1, 0.15) is 29.9 Å². The molecule has 0 saturated heterocycles. The zero-order valence-corrected chi connectivity index (χ0v) is 24.1. The van der Waals surface area contributed by atoms with Crippen molar-refractivity contribution in [3.63, 3.8) is 0 Å². The molecule has 200 valence electrons. The van der Waals surface area contributed by atoms with E-state index in [0.717, 1.165) is 11.3 Å². The first-order valence-corrected chi connectivity index (χ1v) is 13.8. The van der Waals surface area contributed by atoms with Crippen molar-refractivity contribution in [2.45, 2.75) is 73.4 Å². The van der Waals surface area contributed by atoms with Crippen LogP contribution in [0.5, 0.6) is 0 Å². The molecule has 10 nitrogen and oxygen atoms in total. The van der Waals surface area contributed by atoms with E-state index in [1.165, 1.54) is 0 Å². The number of esters is 2. The number of Topliss-reactive ketones (excluding diaryl/α,β-unsaturated/α-hetero) is 1. The lowest BCUT2D eigenvalue weighted by atomic mass is 9.89. The Kier molecular flexibility index (Phi) is 9.45. The molecule has 2 heterocycles. The van der Waals surface area contributed by atoms with Crippen LogP contribution in [0.3, 0.4) is 0 Å². The lowest BCUT2D eigenvalue weighted by Crippen LogP contribution is -2.53. The van der Waals surface area contributed by atoms with Gasteiger partial charge in [0.15, 0.2) is 22.2 Å². The summed E-state index contributed by atoms with van der Waals surface area (Å²) >= 11 is 1.11. The monoisotopic (exact) mass is 540 g/mol. The summed E-state index contributed by atoms with van der Waals surface area (Å²) in [5.41, 5.74) is 3.88. The fraction of sp³-hybridized carbons (Fsp3) is 0.583. The van der Waals surface area contributed by atoms with Gasteiger partial charge in [-0.25, -0.2) is 4.98 Å². The van der Waals surface area contributed by atoms with Crippen LogP contribution in [-0.2, 0) is 19.1 Å². The first-order valence-electron chi connectivity index (χ1n) is 11.6. The summed E-state index contributed by atoms with van der Waals surface area (Å²) in [5.74, 6) is -0.657. The largest absolute Gasteiger partial charge is 0.465 e. The van der Waals surface area contributed by atoms with E-state index in [9.17, 15) is 14.4 Å². The van der Waals surface area contributed by atoms with Crippen LogP contribution in [0.25, 0.3) is 11.5 Å². The van der Waals surface area contributed by atoms with Gasteiger partial charge in [-0.15, -0.1) is 0 Å². The lowest BCUT2D eigenvalue weighted by molar-refractivity contribution is -0.149. The summed E-state index contributed by atoms with van der Waals surface area (Å²) < 4.78 is 16.6. The molecule has 0 atom stereocenters. The first kappa shape index (κ1) is 29.9. The molecule has 0 amide bonds. The van der Waals surface area contributed by atoms with Crippen LogP contribution in [0.4, 0.5) is 5.13 Å². The van der Waals surface area contributed by atoms with E-state index in [1.807, 2.05) is 20.8 Å². The van der Waals surface area contributed by atoms with Gasteiger partial charge in [-0.3, -0.25) is 24.6 Å². The highest BCUT2D eigenvalue weighted by atomic mass is 32.1. The molecule has 0 unspecified atom stereocenters. The Morgan fingerprint density at radius 3 is 1.92 bits per heavy atom. The van der Waals surface area contributed by atoms with Gasteiger partial charge in [-0.05, 0) is 53.7 Å². The number of ether oxygens (including phenoxy) is 2. The summed E-state index contributed by atoms with van der Waals surface area (Å²) in [6.07, 6.45) is 0. The SMILES string of the molecule is CCOC(=O)C(C)(C)NP(NC(C)(C)C(=O)OCC)c1ccc(-c2nc(N)sc2C(=O)C(C)(C)C)o1. The van der Waals surface area contributed by atoms with Crippen molar-refractivity contribution in [3.05, 3.63) is 17.0 Å². The number of aromatic nitrogens is 1. The highest BCUT2D eigenvalue weighted by Gasteiger charge is 2.39. The topological polar surface area (TPSA) is 146 Å². The summed E-state index contributed by atoms with van der Waals surface area (Å²) in [6, 6.07) is 3.40. The van der Waals surface area contributed by atoms with Crippen LogP contribution in [0.1, 0.15) is 72.0 Å². The molecule has 0 spiro atoms. The fourth-order valence-electron chi connectivity index (χ4n) is 2.98. The number of rotatable bonds is 11. The van der Waals surface area contributed by atoms with Crippen molar-refractivity contribution in [1.82, 2.24) is 15.2 Å². The van der Waals surface area contributed by atoms with Crippen LogP contribution < -0.4 is 21.4 Å². The second kappa shape index (κ2) is 11.4. The Labute approximate surface area is 217 Å². The molecule has 36 heavy (non-hydrogen) atoms. The predicted octanol–water partition coefficient (Wildman–Crippen LogP) is 4.01. The van der Waals surface area contributed by atoms with Gasteiger partial charge in [0.2, 0.25) is 0 Å². The van der Waals surface area contributed by atoms with E-state index in [4.69, 9.17) is 19.6 Å². The second-order valence-electron chi connectivity index (χ2n) is 10.2. The smallest absolute Gasteiger partial charge is 0.326 e. The highest BCUT2D eigenvalue weighted by molar-refractivity contribution is 7.61. The predicted molar refractivity (Wildman–Crippen MR) is 142 cm³/mol. The van der Waals surface area contributed by atoms with Gasteiger partial charge in [0.05, 0.1) is 13.2 Å². The molecule has 4 N–H and O–H groups in total. The number of nitrogens with zero attached hydrogens (tertiary/aromatic N) is 1. The van der Waals surface area contributed by atoms with Gasteiger partial charge in [0.25, 0.3) is 0 Å². The molecule has 0 aromatic carbocycles. The van der Waals surface area contributed by atoms with Crippen molar-refractivity contribution in [2.24, 2.45) is 5.41 Å². The number of hydrogen-bond donors (Lipinski definition) is 3. The molecule has 2 rings (SSSR count). The number of thiazole rings is 1. The maximum Gasteiger partial charge on any atom is 0.326 e. The minimum atomic E-state index is -1.64. The highest BCUT2D eigenvalue weighted by Crippen LogP contribution is 2.38. The fourth-order valence-corrected chi connectivity index (χ4v) is 5.96. The average Bonchev–Trinajstić information content (AvgIpc) is 3.38. The molecule has 0 fully saturated rings. The number of carbonyl (C=O) groups is 3. The zero-order valence-electron chi connectivity index (χ0n) is 22.4. The van der Waals surface area contributed by atoms with Crippen molar-refractivity contribution in [1.29, 1.82) is 0 Å². The van der Waals surface area contributed by atoms with Crippen molar-refractivity contribution >= 4 is 47.9 Å². The molecule has 2 aromatic heterocycles. The van der Waals surface area contributed by atoms with E-state index in [0.29, 0.717) is 21.8 Å². The molecular weight excluding hydrogens is 503 g/mol. The third-order valence-corrected chi connectivity index (χ3v) is 8.06. The van der Waals surface area contributed by atoms with Gasteiger partial charge in [-0.2, -0.15) is 0 Å². The Morgan fingerprint density at radius 2 is 1.47 bits per heavy atom. The van der Waals surface area contributed by atoms with Gasteiger partial charge in [0, 0.05) is 5.41 Å². The molecular formula is C24H37N4O6PS. The number of nitrogen functional groups attached to an aromatic ring is 1.